The number of hydrogen-bond acceptors (Lipinski definition) is 5. The molecular weight excluding hydrogens is 461 g/mol. The summed E-state index contributed by atoms with van der Waals surface area (Å²) in [6.45, 7) is 8.01. The molecule has 0 amide bonds. The molecule has 4 rings (SSSR count). The summed E-state index contributed by atoms with van der Waals surface area (Å²) >= 11 is 13.7. The van der Waals surface area contributed by atoms with Crippen molar-refractivity contribution < 1.29 is 19.0 Å². The summed E-state index contributed by atoms with van der Waals surface area (Å²) in [5, 5.41) is 0.996. The molecule has 0 aliphatic carbocycles. The highest BCUT2D eigenvalue weighted by Gasteiger charge is 2.50. The van der Waals surface area contributed by atoms with Crippen LogP contribution in [0, 0.1) is 0 Å². The molecule has 172 valence electrons. The number of carbonyl (C=O) groups is 1. The van der Waals surface area contributed by atoms with Crippen molar-refractivity contribution in [3.05, 3.63) is 69.7 Å². The highest BCUT2D eigenvalue weighted by molar-refractivity contribution is 6.38. The molecule has 1 aliphatic rings. The summed E-state index contributed by atoms with van der Waals surface area (Å²) in [7, 11) is 1.47. The second-order valence-corrected chi connectivity index (χ2v) is 9.63. The maximum atomic E-state index is 11.2. The van der Waals surface area contributed by atoms with Crippen LogP contribution in [-0.2, 0) is 9.47 Å². The lowest BCUT2D eigenvalue weighted by atomic mass is 9.90. The molecule has 3 aromatic rings. The van der Waals surface area contributed by atoms with Gasteiger partial charge in [0.1, 0.15) is 0 Å². The maximum Gasteiger partial charge on any atom is 0.224 e. The van der Waals surface area contributed by atoms with Crippen LogP contribution in [0.3, 0.4) is 0 Å². The van der Waals surface area contributed by atoms with Gasteiger partial charge in [-0.2, -0.15) is 0 Å². The lowest BCUT2D eigenvalue weighted by Gasteiger charge is -2.30. The SMILES string of the molecule is COc1nc(-c2cccc(-c3cccc(C4OC(C)(C)C(C)(C)O4)c3Cl)c2Cl)ccc1C=O. The quantitative estimate of drug-likeness (QED) is 0.359. The van der Waals surface area contributed by atoms with Gasteiger partial charge in [0.05, 0.1) is 39.6 Å². The topological polar surface area (TPSA) is 57.6 Å². The van der Waals surface area contributed by atoms with Gasteiger partial charge in [0, 0.05) is 22.3 Å². The molecule has 33 heavy (non-hydrogen) atoms. The van der Waals surface area contributed by atoms with Crippen LogP contribution in [0.25, 0.3) is 22.4 Å². The Hall–Kier alpha value is -2.44. The van der Waals surface area contributed by atoms with Crippen LogP contribution in [0.4, 0.5) is 0 Å². The van der Waals surface area contributed by atoms with Crippen LogP contribution < -0.4 is 4.74 Å². The van der Waals surface area contributed by atoms with E-state index in [-0.39, 0.29) is 5.88 Å². The van der Waals surface area contributed by atoms with E-state index in [1.165, 1.54) is 7.11 Å². The first-order chi connectivity index (χ1) is 15.6. The average Bonchev–Trinajstić information content (AvgIpc) is 3.00. The van der Waals surface area contributed by atoms with Gasteiger partial charge in [-0.05, 0) is 39.8 Å². The minimum Gasteiger partial charge on any atom is -0.480 e. The number of pyridine rings is 1. The first-order valence-corrected chi connectivity index (χ1v) is 11.3. The van der Waals surface area contributed by atoms with Crippen LogP contribution in [-0.4, -0.2) is 29.6 Å². The highest BCUT2D eigenvalue weighted by atomic mass is 35.5. The first-order valence-electron chi connectivity index (χ1n) is 10.5. The van der Waals surface area contributed by atoms with Crippen molar-refractivity contribution in [1.29, 1.82) is 0 Å². The molecule has 0 unspecified atom stereocenters. The number of benzene rings is 2. The summed E-state index contributed by atoms with van der Waals surface area (Å²) in [4.78, 5) is 15.7. The zero-order valence-electron chi connectivity index (χ0n) is 19.1. The van der Waals surface area contributed by atoms with Gasteiger partial charge in [-0.15, -0.1) is 0 Å². The van der Waals surface area contributed by atoms with E-state index in [2.05, 4.69) is 4.98 Å². The lowest BCUT2D eigenvalue weighted by Crippen LogP contribution is -2.41. The van der Waals surface area contributed by atoms with Crippen LogP contribution in [0.5, 0.6) is 5.88 Å². The number of hydrogen-bond donors (Lipinski definition) is 0. The third-order valence-electron chi connectivity index (χ3n) is 6.31. The number of aromatic nitrogens is 1. The third-order valence-corrected chi connectivity index (χ3v) is 7.14. The highest BCUT2D eigenvalue weighted by Crippen LogP contribution is 2.48. The molecule has 0 saturated carbocycles. The number of methoxy groups -OCH3 is 1. The Bertz CT molecular complexity index is 1210. The van der Waals surface area contributed by atoms with E-state index in [0.717, 1.165) is 16.7 Å². The number of ether oxygens (including phenoxy) is 3. The summed E-state index contributed by atoms with van der Waals surface area (Å²) in [5.41, 5.74) is 2.94. The smallest absolute Gasteiger partial charge is 0.224 e. The standard InChI is InChI=1S/C26H25Cl2NO4/c1-25(2)26(3,4)33-24(32-25)19-11-7-9-17(22(19)28)16-8-6-10-18(21(16)27)20-13-12-15(14-30)23(29-20)31-5/h6-14,24H,1-5H3. The van der Waals surface area contributed by atoms with Crippen LogP contribution in [0.1, 0.15) is 49.9 Å². The number of rotatable bonds is 5. The number of aldehydes is 1. The normalized spacial score (nSPS) is 17.2. The zero-order valence-corrected chi connectivity index (χ0v) is 20.6. The number of nitrogens with zero attached hydrogens (tertiary/aromatic N) is 1. The molecule has 7 heteroatoms. The van der Waals surface area contributed by atoms with E-state index in [9.17, 15) is 4.79 Å². The monoisotopic (exact) mass is 485 g/mol. The van der Waals surface area contributed by atoms with Gasteiger partial charge in [-0.25, -0.2) is 4.98 Å². The molecule has 1 saturated heterocycles. The van der Waals surface area contributed by atoms with Crippen molar-refractivity contribution in [2.24, 2.45) is 0 Å². The van der Waals surface area contributed by atoms with Crippen LogP contribution >= 0.6 is 23.2 Å². The molecule has 1 fully saturated rings. The molecule has 0 bridgehead atoms. The summed E-state index contributed by atoms with van der Waals surface area (Å²) < 4.78 is 17.6. The Kier molecular flexibility index (Phi) is 6.27. The fourth-order valence-corrected chi connectivity index (χ4v) is 4.34. The fraction of sp³-hybridized carbons (Fsp3) is 0.308. The van der Waals surface area contributed by atoms with E-state index < -0.39 is 17.5 Å². The maximum absolute atomic E-state index is 11.2. The molecule has 5 nitrogen and oxygen atoms in total. The van der Waals surface area contributed by atoms with Crippen LogP contribution in [0.15, 0.2) is 48.5 Å². The molecule has 2 aromatic carbocycles. The molecule has 0 N–H and O–H groups in total. The van der Waals surface area contributed by atoms with E-state index in [1.54, 1.807) is 12.1 Å². The second-order valence-electron chi connectivity index (χ2n) is 8.88. The summed E-state index contributed by atoms with van der Waals surface area (Å²) in [6.07, 6.45) is 0.112. The summed E-state index contributed by atoms with van der Waals surface area (Å²) in [5.74, 6) is 0.241. The molecule has 2 heterocycles. The Morgan fingerprint density at radius 2 is 1.45 bits per heavy atom. The van der Waals surface area contributed by atoms with Gasteiger partial charge in [-0.3, -0.25) is 4.79 Å². The minimum atomic E-state index is -0.591. The Morgan fingerprint density at radius 3 is 2.06 bits per heavy atom. The molecule has 1 aromatic heterocycles. The van der Waals surface area contributed by atoms with Gasteiger partial charge in [0.15, 0.2) is 12.6 Å². The van der Waals surface area contributed by atoms with Gasteiger partial charge < -0.3 is 14.2 Å². The van der Waals surface area contributed by atoms with Gasteiger partial charge in [0.2, 0.25) is 5.88 Å². The molecule has 0 radical (unpaired) electrons. The van der Waals surface area contributed by atoms with Crippen molar-refractivity contribution in [2.75, 3.05) is 7.11 Å². The Balaban J connectivity index is 1.78. The van der Waals surface area contributed by atoms with Crippen molar-refractivity contribution in [3.63, 3.8) is 0 Å². The lowest BCUT2D eigenvalue weighted by molar-refractivity contribution is -0.0894. The van der Waals surface area contributed by atoms with Gasteiger partial charge >= 0.3 is 0 Å². The van der Waals surface area contributed by atoms with Crippen molar-refractivity contribution >= 4 is 29.5 Å². The fourth-order valence-electron chi connectivity index (χ4n) is 3.70. The van der Waals surface area contributed by atoms with E-state index in [0.29, 0.717) is 33.2 Å². The van der Waals surface area contributed by atoms with Crippen molar-refractivity contribution in [3.8, 4) is 28.3 Å². The van der Waals surface area contributed by atoms with Crippen molar-refractivity contribution in [1.82, 2.24) is 4.98 Å². The zero-order chi connectivity index (χ0) is 24.0. The Labute approximate surface area is 203 Å². The van der Waals surface area contributed by atoms with E-state index in [4.69, 9.17) is 37.4 Å². The molecule has 1 aliphatic heterocycles. The molecular formula is C26H25Cl2NO4. The molecule has 0 atom stereocenters. The second kappa shape index (κ2) is 8.73. The minimum absolute atomic E-state index is 0.241. The average molecular weight is 486 g/mol. The first kappa shape index (κ1) is 23.7. The predicted octanol–water partition coefficient (Wildman–Crippen LogP) is 7.15. The summed E-state index contributed by atoms with van der Waals surface area (Å²) in [6, 6.07) is 14.8. The van der Waals surface area contributed by atoms with E-state index in [1.807, 2.05) is 64.1 Å². The number of halogens is 2. The largest absolute Gasteiger partial charge is 0.480 e. The van der Waals surface area contributed by atoms with Crippen molar-refractivity contribution in [2.45, 2.75) is 45.2 Å². The van der Waals surface area contributed by atoms with Crippen LogP contribution in [0.2, 0.25) is 10.0 Å². The third kappa shape index (κ3) is 4.15. The predicted molar refractivity (Wildman–Crippen MR) is 130 cm³/mol. The van der Waals surface area contributed by atoms with Gasteiger partial charge in [0.25, 0.3) is 0 Å². The Morgan fingerprint density at radius 1 is 0.879 bits per heavy atom. The van der Waals surface area contributed by atoms with E-state index >= 15 is 0 Å². The number of carbonyl (C=O) groups excluding carboxylic acids is 1. The van der Waals surface area contributed by atoms with Gasteiger partial charge in [-0.1, -0.05) is 59.6 Å². The molecule has 0 spiro atoms.